The normalized spacial score (nSPS) is 19.2. The van der Waals surface area contributed by atoms with Gasteiger partial charge in [0.1, 0.15) is 0 Å². The van der Waals surface area contributed by atoms with Crippen LogP contribution in [0.2, 0.25) is 0 Å². The van der Waals surface area contributed by atoms with Crippen LogP contribution in [0.4, 0.5) is 0 Å². The van der Waals surface area contributed by atoms with Crippen LogP contribution in [0.5, 0.6) is 0 Å². The standard InChI is InChI=1S/C19H25NS/c1-2-20-19(11-10-15-12-13-21-14-15)18-9-5-7-16-6-3-4-8-17(16)18/h3-4,6,8,12-14,18-20H,2,5,7,9-11H2,1H3. The van der Waals surface area contributed by atoms with E-state index >= 15 is 0 Å². The van der Waals surface area contributed by atoms with Gasteiger partial charge in [-0.1, -0.05) is 31.2 Å². The van der Waals surface area contributed by atoms with Crippen molar-refractivity contribution in [3.63, 3.8) is 0 Å². The zero-order valence-electron chi connectivity index (χ0n) is 12.8. The van der Waals surface area contributed by atoms with E-state index in [-0.39, 0.29) is 0 Å². The van der Waals surface area contributed by atoms with Gasteiger partial charge >= 0.3 is 0 Å². The van der Waals surface area contributed by atoms with Crippen molar-refractivity contribution in [2.75, 3.05) is 6.54 Å². The van der Waals surface area contributed by atoms with Crippen LogP contribution in [-0.2, 0) is 12.8 Å². The van der Waals surface area contributed by atoms with Crippen molar-refractivity contribution in [2.24, 2.45) is 0 Å². The van der Waals surface area contributed by atoms with Crippen molar-refractivity contribution in [1.82, 2.24) is 5.32 Å². The number of hydrogen-bond donors (Lipinski definition) is 1. The SMILES string of the molecule is CCNC(CCc1ccsc1)C1CCCc2ccccc21. The molecule has 0 fully saturated rings. The third-order valence-electron chi connectivity index (χ3n) is 4.69. The zero-order chi connectivity index (χ0) is 14.5. The molecule has 1 aromatic carbocycles. The molecule has 112 valence electrons. The summed E-state index contributed by atoms with van der Waals surface area (Å²) in [5.41, 5.74) is 4.67. The van der Waals surface area contributed by atoms with Gasteiger partial charge in [0.15, 0.2) is 0 Å². The molecule has 0 saturated heterocycles. The maximum Gasteiger partial charge on any atom is 0.0139 e. The molecule has 1 heterocycles. The molecule has 1 aliphatic rings. The Labute approximate surface area is 132 Å². The first-order valence-corrected chi connectivity index (χ1v) is 9.15. The first-order valence-electron chi connectivity index (χ1n) is 8.20. The van der Waals surface area contributed by atoms with E-state index in [1.165, 1.54) is 37.7 Å². The van der Waals surface area contributed by atoms with Crippen molar-refractivity contribution in [3.05, 3.63) is 57.8 Å². The lowest BCUT2D eigenvalue weighted by Crippen LogP contribution is -2.36. The summed E-state index contributed by atoms with van der Waals surface area (Å²) in [5.74, 6) is 0.688. The van der Waals surface area contributed by atoms with Gasteiger partial charge in [0.2, 0.25) is 0 Å². The maximum absolute atomic E-state index is 3.76. The van der Waals surface area contributed by atoms with E-state index in [4.69, 9.17) is 0 Å². The average Bonchev–Trinajstić information content (AvgIpc) is 3.04. The minimum absolute atomic E-state index is 0.608. The second-order valence-electron chi connectivity index (χ2n) is 6.03. The van der Waals surface area contributed by atoms with Crippen LogP contribution in [0.1, 0.15) is 48.8 Å². The van der Waals surface area contributed by atoms with Gasteiger partial charge in [-0.25, -0.2) is 0 Å². The number of benzene rings is 1. The highest BCUT2D eigenvalue weighted by Crippen LogP contribution is 2.35. The highest BCUT2D eigenvalue weighted by molar-refractivity contribution is 7.07. The Kier molecular flexibility index (Phi) is 5.10. The number of thiophene rings is 1. The van der Waals surface area contributed by atoms with E-state index in [1.54, 1.807) is 11.1 Å². The van der Waals surface area contributed by atoms with Gasteiger partial charge in [0, 0.05) is 6.04 Å². The highest BCUT2D eigenvalue weighted by Gasteiger charge is 2.26. The molecular formula is C19H25NS. The summed E-state index contributed by atoms with van der Waals surface area (Å²) in [4.78, 5) is 0. The fraction of sp³-hybridized carbons (Fsp3) is 0.474. The Morgan fingerprint density at radius 1 is 1.29 bits per heavy atom. The van der Waals surface area contributed by atoms with Crippen LogP contribution in [0.3, 0.4) is 0 Å². The van der Waals surface area contributed by atoms with Crippen LogP contribution >= 0.6 is 11.3 Å². The van der Waals surface area contributed by atoms with Gasteiger partial charge in [0.05, 0.1) is 0 Å². The van der Waals surface area contributed by atoms with E-state index < -0.39 is 0 Å². The van der Waals surface area contributed by atoms with E-state index in [1.807, 2.05) is 11.3 Å². The zero-order valence-corrected chi connectivity index (χ0v) is 13.7. The van der Waals surface area contributed by atoms with Crippen molar-refractivity contribution >= 4 is 11.3 Å². The fourth-order valence-electron chi connectivity index (χ4n) is 3.67. The van der Waals surface area contributed by atoms with Crippen LogP contribution in [0, 0.1) is 0 Å². The third-order valence-corrected chi connectivity index (χ3v) is 5.42. The fourth-order valence-corrected chi connectivity index (χ4v) is 4.38. The molecule has 2 atom stereocenters. The van der Waals surface area contributed by atoms with Gasteiger partial charge < -0.3 is 5.32 Å². The topological polar surface area (TPSA) is 12.0 Å². The van der Waals surface area contributed by atoms with Crippen molar-refractivity contribution in [1.29, 1.82) is 0 Å². The van der Waals surface area contributed by atoms with E-state index in [9.17, 15) is 0 Å². The highest BCUT2D eigenvalue weighted by atomic mass is 32.1. The summed E-state index contributed by atoms with van der Waals surface area (Å²) < 4.78 is 0. The number of fused-ring (bicyclic) bond motifs is 1. The lowest BCUT2D eigenvalue weighted by atomic mass is 9.77. The summed E-state index contributed by atoms with van der Waals surface area (Å²) in [7, 11) is 0. The van der Waals surface area contributed by atoms with Crippen LogP contribution in [-0.4, -0.2) is 12.6 Å². The molecule has 0 amide bonds. The van der Waals surface area contributed by atoms with Gasteiger partial charge in [-0.3, -0.25) is 0 Å². The summed E-state index contributed by atoms with van der Waals surface area (Å²) in [5, 5.41) is 8.24. The molecule has 2 unspecified atom stereocenters. The minimum atomic E-state index is 0.608. The monoisotopic (exact) mass is 299 g/mol. The largest absolute Gasteiger partial charge is 0.314 e. The molecule has 21 heavy (non-hydrogen) atoms. The third kappa shape index (κ3) is 3.56. The van der Waals surface area contributed by atoms with Gasteiger partial charge in [-0.05, 0) is 78.1 Å². The summed E-state index contributed by atoms with van der Waals surface area (Å²) >= 11 is 1.81. The maximum atomic E-state index is 3.76. The molecule has 1 N–H and O–H groups in total. The Hall–Kier alpha value is -1.12. The molecule has 1 nitrogen and oxygen atoms in total. The van der Waals surface area contributed by atoms with E-state index in [0.29, 0.717) is 12.0 Å². The summed E-state index contributed by atoms with van der Waals surface area (Å²) in [6.07, 6.45) is 6.36. The van der Waals surface area contributed by atoms with E-state index in [0.717, 1.165) is 6.54 Å². The average molecular weight is 299 g/mol. The van der Waals surface area contributed by atoms with E-state index in [2.05, 4.69) is 53.3 Å². The molecule has 0 spiro atoms. The molecule has 2 heteroatoms. The lowest BCUT2D eigenvalue weighted by Gasteiger charge is -2.33. The predicted molar refractivity (Wildman–Crippen MR) is 92.2 cm³/mol. The van der Waals surface area contributed by atoms with Crippen LogP contribution < -0.4 is 5.32 Å². The second kappa shape index (κ2) is 7.24. The van der Waals surface area contributed by atoms with Crippen molar-refractivity contribution in [3.8, 4) is 0 Å². The molecule has 1 aliphatic carbocycles. The minimum Gasteiger partial charge on any atom is -0.314 e. The van der Waals surface area contributed by atoms with Gasteiger partial charge in [0.25, 0.3) is 0 Å². The quantitative estimate of drug-likeness (QED) is 0.809. The molecule has 0 bridgehead atoms. The molecule has 0 radical (unpaired) electrons. The Morgan fingerprint density at radius 2 is 2.19 bits per heavy atom. The molecular weight excluding hydrogens is 274 g/mol. The first-order chi connectivity index (χ1) is 10.4. The number of likely N-dealkylation sites (N-methyl/N-ethyl adjacent to an activating group) is 1. The van der Waals surface area contributed by atoms with Crippen molar-refractivity contribution in [2.45, 2.75) is 51.0 Å². The Morgan fingerprint density at radius 3 is 3.00 bits per heavy atom. The Balaban J connectivity index is 1.74. The number of hydrogen-bond acceptors (Lipinski definition) is 2. The second-order valence-corrected chi connectivity index (χ2v) is 6.81. The molecule has 3 rings (SSSR count). The van der Waals surface area contributed by atoms with Crippen LogP contribution in [0.25, 0.3) is 0 Å². The van der Waals surface area contributed by atoms with Crippen molar-refractivity contribution < 1.29 is 0 Å². The smallest absolute Gasteiger partial charge is 0.0139 e. The molecule has 0 saturated carbocycles. The Bertz CT molecular complexity index is 546. The summed E-state index contributed by atoms with van der Waals surface area (Å²) in [6.45, 7) is 3.29. The number of nitrogens with one attached hydrogen (secondary N) is 1. The molecule has 0 aliphatic heterocycles. The number of aryl methyl sites for hydroxylation is 2. The van der Waals surface area contributed by atoms with Gasteiger partial charge in [-0.15, -0.1) is 0 Å². The summed E-state index contributed by atoms with van der Waals surface area (Å²) in [6, 6.07) is 11.9. The molecule has 2 aromatic rings. The van der Waals surface area contributed by atoms with Gasteiger partial charge in [-0.2, -0.15) is 11.3 Å². The lowest BCUT2D eigenvalue weighted by molar-refractivity contribution is 0.379. The predicted octanol–water partition coefficient (Wildman–Crippen LogP) is 4.78. The first kappa shape index (κ1) is 14.8. The van der Waals surface area contributed by atoms with Crippen LogP contribution in [0.15, 0.2) is 41.1 Å². The number of rotatable bonds is 6. The molecule has 1 aromatic heterocycles.